The van der Waals surface area contributed by atoms with Gasteiger partial charge in [0.25, 0.3) is 5.82 Å². The molecular weight excluding hydrogens is 412 g/mol. The Morgan fingerprint density at radius 1 is 0.964 bits per heavy atom. The lowest BCUT2D eigenvalue weighted by Crippen LogP contribution is -2.24. The van der Waals surface area contributed by atoms with Crippen LogP contribution in [0.25, 0.3) is 5.70 Å². The number of nitrogens with one attached hydrogen (secondary N) is 1. The zero-order valence-corrected chi connectivity index (χ0v) is 15.9. The second-order valence-electron chi connectivity index (χ2n) is 6.35. The Balaban J connectivity index is 1.89. The van der Waals surface area contributed by atoms with E-state index in [4.69, 9.17) is 23.2 Å². The van der Waals surface area contributed by atoms with Gasteiger partial charge in [-0.3, -0.25) is 0 Å². The molecule has 0 bridgehead atoms. The summed E-state index contributed by atoms with van der Waals surface area (Å²) in [6.07, 6.45) is -4.65. The van der Waals surface area contributed by atoms with Crippen molar-refractivity contribution in [1.29, 1.82) is 0 Å². The number of hydrogen-bond acceptors (Lipinski definition) is 3. The van der Waals surface area contributed by atoms with Crippen LogP contribution in [0.2, 0.25) is 10.0 Å². The summed E-state index contributed by atoms with van der Waals surface area (Å²) in [5.74, 6) is -1.18. The van der Waals surface area contributed by atoms with Crippen molar-refractivity contribution in [2.45, 2.75) is 19.1 Å². The van der Waals surface area contributed by atoms with Crippen molar-refractivity contribution in [3.63, 3.8) is 0 Å². The fourth-order valence-electron chi connectivity index (χ4n) is 3.19. The number of halogens is 5. The zero-order chi connectivity index (χ0) is 20.1. The molecule has 1 aliphatic heterocycles. The Labute approximate surface area is 168 Å². The van der Waals surface area contributed by atoms with E-state index in [9.17, 15) is 13.2 Å². The van der Waals surface area contributed by atoms with E-state index in [0.717, 1.165) is 16.7 Å². The molecule has 3 aromatic rings. The Morgan fingerprint density at radius 2 is 1.54 bits per heavy atom. The lowest BCUT2D eigenvalue weighted by atomic mass is 9.94. The molecule has 1 atom stereocenters. The molecule has 0 aliphatic carbocycles. The minimum absolute atomic E-state index is 0.0165. The van der Waals surface area contributed by atoms with Crippen LogP contribution in [0, 0.1) is 0 Å². The highest BCUT2D eigenvalue weighted by Gasteiger charge is 2.40. The molecule has 9 heteroatoms. The zero-order valence-electron chi connectivity index (χ0n) is 14.4. The van der Waals surface area contributed by atoms with Crippen LogP contribution in [0.15, 0.2) is 54.1 Å². The van der Waals surface area contributed by atoms with Crippen LogP contribution in [0.4, 0.5) is 19.1 Å². The van der Waals surface area contributed by atoms with Crippen molar-refractivity contribution < 1.29 is 13.2 Å². The monoisotopic (exact) mass is 424 g/mol. The standard InChI is InChI=1S/C19H13Cl2F3N4/c1-10-15(11-2-6-13(20)7-3-11)25-18-26-17(19(22,23)24)27-28(18)16(10)12-4-8-14(21)9-5-12/h2-9,16H,1H3,(H,25,26,27). The number of nitrogens with zero attached hydrogens (tertiary/aromatic N) is 3. The van der Waals surface area contributed by atoms with Gasteiger partial charge < -0.3 is 5.32 Å². The molecule has 0 saturated carbocycles. The van der Waals surface area contributed by atoms with Crippen molar-refractivity contribution >= 4 is 34.8 Å². The molecule has 4 rings (SSSR count). The van der Waals surface area contributed by atoms with Gasteiger partial charge in [-0.05, 0) is 47.9 Å². The topological polar surface area (TPSA) is 42.7 Å². The molecule has 0 fully saturated rings. The number of rotatable bonds is 2. The average molecular weight is 425 g/mol. The van der Waals surface area contributed by atoms with E-state index >= 15 is 0 Å². The number of hydrogen-bond donors (Lipinski definition) is 1. The largest absolute Gasteiger partial charge is 0.453 e. The minimum Gasteiger partial charge on any atom is -0.324 e. The first-order valence-electron chi connectivity index (χ1n) is 8.27. The number of allylic oxidation sites excluding steroid dienone is 1. The van der Waals surface area contributed by atoms with Crippen molar-refractivity contribution in [2.24, 2.45) is 0 Å². The number of alkyl halides is 3. The highest BCUT2D eigenvalue weighted by atomic mass is 35.5. The third-order valence-electron chi connectivity index (χ3n) is 4.49. The molecule has 2 aromatic carbocycles. The van der Waals surface area contributed by atoms with Crippen LogP contribution < -0.4 is 5.32 Å². The Hall–Kier alpha value is -2.51. The summed E-state index contributed by atoms with van der Waals surface area (Å²) in [4.78, 5) is 3.67. The van der Waals surface area contributed by atoms with E-state index in [2.05, 4.69) is 15.4 Å². The van der Waals surface area contributed by atoms with Crippen molar-refractivity contribution in [3.05, 3.63) is 81.1 Å². The Bertz CT molecular complexity index is 1050. The SMILES string of the molecule is CC1=C(c2ccc(Cl)cc2)Nc2nc(C(F)(F)F)nn2C1c1ccc(Cl)cc1. The molecule has 1 aromatic heterocycles. The van der Waals surface area contributed by atoms with Gasteiger partial charge in [0.15, 0.2) is 0 Å². The highest BCUT2D eigenvalue weighted by molar-refractivity contribution is 6.30. The van der Waals surface area contributed by atoms with Gasteiger partial charge in [0.05, 0.1) is 0 Å². The molecule has 1 unspecified atom stereocenters. The van der Waals surface area contributed by atoms with Gasteiger partial charge in [0.1, 0.15) is 6.04 Å². The predicted octanol–water partition coefficient (Wildman–Crippen LogP) is 6.05. The smallest absolute Gasteiger partial charge is 0.324 e. The van der Waals surface area contributed by atoms with E-state index in [1.165, 1.54) is 4.68 Å². The average Bonchev–Trinajstić information content (AvgIpc) is 3.07. The molecule has 0 spiro atoms. The summed E-state index contributed by atoms with van der Waals surface area (Å²) in [6, 6.07) is 13.4. The Kier molecular flexibility index (Phi) is 4.59. The first-order valence-corrected chi connectivity index (χ1v) is 9.02. The maximum Gasteiger partial charge on any atom is 0.453 e. The summed E-state index contributed by atoms with van der Waals surface area (Å²) in [5, 5.41) is 7.81. The quantitative estimate of drug-likeness (QED) is 0.544. The molecule has 0 saturated heterocycles. The van der Waals surface area contributed by atoms with Crippen LogP contribution in [0.1, 0.15) is 29.9 Å². The highest BCUT2D eigenvalue weighted by Crippen LogP contribution is 2.40. The van der Waals surface area contributed by atoms with E-state index in [-0.39, 0.29) is 5.95 Å². The second kappa shape index (κ2) is 6.83. The predicted molar refractivity (Wildman–Crippen MR) is 102 cm³/mol. The van der Waals surface area contributed by atoms with Gasteiger partial charge in [0.2, 0.25) is 5.95 Å². The minimum atomic E-state index is -4.65. The fourth-order valence-corrected chi connectivity index (χ4v) is 3.44. The van der Waals surface area contributed by atoms with Gasteiger partial charge in [-0.2, -0.15) is 18.2 Å². The number of aromatic nitrogens is 3. The van der Waals surface area contributed by atoms with Crippen LogP contribution in [0.3, 0.4) is 0 Å². The van der Waals surface area contributed by atoms with Gasteiger partial charge in [0, 0.05) is 15.7 Å². The summed E-state index contributed by atoms with van der Waals surface area (Å²) in [7, 11) is 0. The summed E-state index contributed by atoms with van der Waals surface area (Å²) in [5.41, 5.74) is 2.97. The van der Waals surface area contributed by atoms with Crippen molar-refractivity contribution in [3.8, 4) is 0 Å². The first-order chi connectivity index (χ1) is 13.2. The van der Waals surface area contributed by atoms with Crippen LogP contribution in [-0.2, 0) is 6.18 Å². The van der Waals surface area contributed by atoms with E-state index in [1.807, 2.05) is 6.92 Å². The van der Waals surface area contributed by atoms with E-state index in [1.54, 1.807) is 48.5 Å². The number of benzene rings is 2. The third-order valence-corrected chi connectivity index (χ3v) is 4.99. The molecule has 0 amide bonds. The van der Waals surface area contributed by atoms with Gasteiger partial charge in [-0.1, -0.05) is 47.5 Å². The summed E-state index contributed by atoms with van der Waals surface area (Å²) in [6.45, 7) is 1.84. The molecule has 28 heavy (non-hydrogen) atoms. The molecule has 2 heterocycles. The molecule has 4 nitrogen and oxygen atoms in total. The number of anilines is 1. The van der Waals surface area contributed by atoms with E-state index < -0.39 is 18.0 Å². The van der Waals surface area contributed by atoms with Crippen molar-refractivity contribution in [1.82, 2.24) is 14.8 Å². The number of fused-ring (bicyclic) bond motifs is 1. The lowest BCUT2D eigenvalue weighted by Gasteiger charge is -2.29. The maximum absolute atomic E-state index is 13.2. The molecule has 0 radical (unpaired) electrons. The second-order valence-corrected chi connectivity index (χ2v) is 7.22. The third kappa shape index (κ3) is 3.36. The fraction of sp³-hybridized carbons (Fsp3) is 0.158. The van der Waals surface area contributed by atoms with Crippen molar-refractivity contribution in [2.75, 3.05) is 5.32 Å². The van der Waals surface area contributed by atoms with Crippen LogP contribution >= 0.6 is 23.2 Å². The summed E-state index contributed by atoms with van der Waals surface area (Å²) < 4.78 is 40.9. The molecule has 1 N–H and O–H groups in total. The van der Waals surface area contributed by atoms with Gasteiger partial charge in [-0.25, -0.2) is 4.68 Å². The van der Waals surface area contributed by atoms with Crippen LogP contribution in [-0.4, -0.2) is 14.8 Å². The summed E-state index contributed by atoms with van der Waals surface area (Å²) >= 11 is 11.9. The lowest BCUT2D eigenvalue weighted by molar-refractivity contribution is -0.145. The normalized spacial score (nSPS) is 16.7. The molecule has 144 valence electrons. The maximum atomic E-state index is 13.2. The Morgan fingerprint density at radius 3 is 2.11 bits per heavy atom. The van der Waals surface area contributed by atoms with Gasteiger partial charge >= 0.3 is 6.18 Å². The van der Waals surface area contributed by atoms with Crippen LogP contribution in [0.5, 0.6) is 0 Å². The molecular formula is C19H13Cl2F3N4. The molecule has 1 aliphatic rings. The van der Waals surface area contributed by atoms with Gasteiger partial charge in [-0.15, -0.1) is 5.10 Å². The van der Waals surface area contributed by atoms with E-state index in [0.29, 0.717) is 15.7 Å². The first kappa shape index (κ1) is 18.8.